The number of unbranched alkanes of at least 4 members (excludes halogenated alkanes) is 33. The first kappa shape index (κ1) is 56.5. The molecule has 1 unspecified atom stereocenters. The molecular formula is C60H100N2O5. The zero-order chi connectivity index (χ0) is 48.0. The van der Waals surface area contributed by atoms with E-state index in [9.17, 15) is 14.9 Å². The Morgan fingerprint density at radius 2 is 1.06 bits per heavy atom. The molecule has 380 valence electrons. The predicted molar refractivity (Wildman–Crippen MR) is 284 cm³/mol. The third-order valence-electron chi connectivity index (χ3n) is 15.6. The minimum absolute atomic E-state index is 0.0241. The van der Waals surface area contributed by atoms with E-state index in [4.69, 9.17) is 9.47 Å². The van der Waals surface area contributed by atoms with E-state index >= 15 is 0 Å². The number of nitrogens with zero attached hydrogens (tertiary/aromatic N) is 2. The van der Waals surface area contributed by atoms with Gasteiger partial charge in [-0.25, -0.2) is 0 Å². The Morgan fingerprint density at radius 1 is 0.627 bits per heavy atom. The Balaban J connectivity index is 1.19. The molecule has 0 saturated carbocycles. The van der Waals surface area contributed by atoms with Crippen molar-refractivity contribution in [3.8, 4) is 5.75 Å². The van der Waals surface area contributed by atoms with E-state index in [-0.39, 0.29) is 28.6 Å². The van der Waals surface area contributed by atoms with Crippen molar-refractivity contribution in [3.63, 3.8) is 0 Å². The molecule has 7 nitrogen and oxygen atoms in total. The van der Waals surface area contributed by atoms with Gasteiger partial charge < -0.3 is 14.4 Å². The summed E-state index contributed by atoms with van der Waals surface area (Å²) in [4.78, 5) is 27.4. The average molecular weight is 929 g/mol. The van der Waals surface area contributed by atoms with Crippen LogP contribution in [0.1, 0.15) is 288 Å². The lowest BCUT2D eigenvalue weighted by atomic mass is 9.73. The molecule has 2 heterocycles. The largest absolute Gasteiger partial charge is 0.466 e. The van der Waals surface area contributed by atoms with Crippen LogP contribution in [0, 0.1) is 17.0 Å². The fraction of sp³-hybridized carbons (Fsp3) is 0.783. The van der Waals surface area contributed by atoms with Gasteiger partial charge in [0.15, 0.2) is 5.72 Å². The summed E-state index contributed by atoms with van der Waals surface area (Å²) in [5.41, 5.74) is 4.20. The van der Waals surface area contributed by atoms with Crippen LogP contribution in [0.25, 0.3) is 0 Å². The molecule has 0 fully saturated rings. The van der Waals surface area contributed by atoms with Gasteiger partial charge in [-0.1, -0.05) is 243 Å². The summed E-state index contributed by atoms with van der Waals surface area (Å²) < 4.78 is 13.2. The number of aryl methyl sites for hydroxylation is 2. The second-order valence-corrected chi connectivity index (χ2v) is 21.6. The normalized spacial score (nSPS) is 16.0. The van der Waals surface area contributed by atoms with E-state index in [1.54, 1.807) is 12.1 Å². The highest BCUT2D eigenvalue weighted by molar-refractivity contribution is 5.70. The molecule has 7 heteroatoms. The van der Waals surface area contributed by atoms with E-state index in [0.717, 1.165) is 44.2 Å². The number of hydrogen-bond donors (Lipinski definition) is 0. The number of esters is 1. The van der Waals surface area contributed by atoms with Gasteiger partial charge in [0.25, 0.3) is 5.69 Å². The number of fused-ring (bicyclic) bond motifs is 2. The van der Waals surface area contributed by atoms with Gasteiger partial charge in [-0.15, -0.1) is 0 Å². The van der Waals surface area contributed by atoms with Gasteiger partial charge in [0.05, 0.1) is 10.3 Å². The van der Waals surface area contributed by atoms with Gasteiger partial charge >= 0.3 is 5.97 Å². The van der Waals surface area contributed by atoms with Gasteiger partial charge in [0.2, 0.25) is 0 Å². The van der Waals surface area contributed by atoms with E-state index in [0.29, 0.717) is 24.2 Å². The molecule has 2 aliphatic heterocycles. The van der Waals surface area contributed by atoms with Crippen molar-refractivity contribution >= 4 is 17.3 Å². The minimum Gasteiger partial charge on any atom is -0.466 e. The maximum atomic E-state index is 13.1. The lowest BCUT2D eigenvalue weighted by Crippen LogP contribution is -2.62. The third-order valence-corrected chi connectivity index (χ3v) is 15.6. The van der Waals surface area contributed by atoms with Crippen molar-refractivity contribution in [2.24, 2.45) is 0 Å². The number of non-ortho nitro benzene ring substituents is 1. The zero-order valence-corrected chi connectivity index (χ0v) is 44.1. The molecule has 1 atom stereocenters. The lowest BCUT2D eigenvalue weighted by Gasteiger charge is -2.50. The van der Waals surface area contributed by atoms with E-state index in [1.807, 2.05) is 0 Å². The Labute approximate surface area is 411 Å². The van der Waals surface area contributed by atoms with Crippen molar-refractivity contribution in [3.05, 3.63) is 62.7 Å². The van der Waals surface area contributed by atoms with Crippen LogP contribution in [0.2, 0.25) is 0 Å². The molecule has 0 aromatic heterocycles. The molecule has 2 aromatic carbocycles. The summed E-state index contributed by atoms with van der Waals surface area (Å²) in [7, 11) is 0. The molecule has 4 rings (SSSR count). The maximum absolute atomic E-state index is 13.1. The van der Waals surface area contributed by atoms with Gasteiger partial charge in [0.1, 0.15) is 12.4 Å². The highest BCUT2D eigenvalue weighted by atomic mass is 16.6. The Hall–Kier alpha value is -3.09. The molecular weight excluding hydrogens is 829 g/mol. The summed E-state index contributed by atoms with van der Waals surface area (Å²) in [5, 5.41) is 12.1. The molecule has 67 heavy (non-hydrogen) atoms. The van der Waals surface area contributed by atoms with Crippen LogP contribution < -0.4 is 9.64 Å². The predicted octanol–water partition coefficient (Wildman–Crippen LogP) is 18.8. The van der Waals surface area contributed by atoms with Crippen LogP contribution in [-0.2, 0) is 28.0 Å². The van der Waals surface area contributed by atoms with Crippen LogP contribution in [0.4, 0.5) is 11.4 Å². The fourth-order valence-corrected chi connectivity index (χ4v) is 11.2. The number of benzene rings is 2. The molecule has 0 radical (unpaired) electrons. The monoisotopic (exact) mass is 929 g/mol. The molecule has 0 saturated heterocycles. The number of carbonyl (C=O) groups excluding carboxylic acids is 1. The Bertz CT molecular complexity index is 1670. The Morgan fingerprint density at radius 3 is 1.51 bits per heavy atom. The second kappa shape index (κ2) is 32.7. The van der Waals surface area contributed by atoms with Gasteiger partial charge in [0, 0.05) is 48.3 Å². The number of anilines is 1. The maximum Gasteiger partial charge on any atom is 0.306 e. The summed E-state index contributed by atoms with van der Waals surface area (Å²) in [6.07, 6.45) is 48.2. The number of hydrogen-bond acceptors (Lipinski definition) is 6. The molecule has 0 N–H and O–H groups in total. The van der Waals surface area contributed by atoms with Crippen molar-refractivity contribution in [1.29, 1.82) is 0 Å². The van der Waals surface area contributed by atoms with E-state index in [2.05, 4.69) is 57.7 Å². The molecule has 0 bridgehead atoms. The number of ether oxygens (including phenoxy) is 2. The molecule has 0 aliphatic carbocycles. The van der Waals surface area contributed by atoms with Crippen LogP contribution in [0.5, 0.6) is 5.75 Å². The number of nitro benzene ring substituents is 1. The summed E-state index contributed by atoms with van der Waals surface area (Å²) >= 11 is 0. The second-order valence-electron chi connectivity index (χ2n) is 21.6. The standard InChI is InChI=1S/C60H100N2O5/c1-6-8-10-12-14-16-18-20-22-24-25-26-27-29-31-33-35-37-39-41-57(63)66-50-53-49-54(62(64)65)48-52-44-45-60(67-58(52)53)59(4,5)55-47-51(3)42-43-56(55)61(60)46-40-38-36-34-32-30-28-23-21-19-17-15-13-11-9-7-2/h42-43,47-49H,6-41,44-46,50H2,1-5H3. The quantitative estimate of drug-likeness (QED) is 0.0287. The van der Waals surface area contributed by atoms with Crippen molar-refractivity contribution < 1.29 is 19.2 Å². The van der Waals surface area contributed by atoms with Crippen molar-refractivity contribution in [1.82, 2.24) is 0 Å². The van der Waals surface area contributed by atoms with Crippen LogP contribution in [0.3, 0.4) is 0 Å². The fourth-order valence-electron chi connectivity index (χ4n) is 11.2. The highest BCUT2D eigenvalue weighted by Crippen LogP contribution is 2.57. The first-order chi connectivity index (χ1) is 32.6. The Kier molecular flexibility index (Phi) is 27.5. The minimum atomic E-state index is -0.660. The molecule has 0 amide bonds. The smallest absolute Gasteiger partial charge is 0.306 e. The van der Waals surface area contributed by atoms with Crippen LogP contribution >= 0.6 is 0 Å². The third kappa shape index (κ3) is 19.3. The summed E-state index contributed by atoms with van der Waals surface area (Å²) in [5.74, 6) is 0.412. The highest BCUT2D eigenvalue weighted by Gasteiger charge is 2.60. The van der Waals surface area contributed by atoms with Gasteiger partial charge in [-0.05, 0) is 51.7 Å². The number of carbonyl (C=O) groups is 1. The number of nitro groups is 1. The van der Waals surface area contributed by atoms with Crippen molar-refractivity contribution in [2.45, 2.75) is 296 Å². The van der Waals surface area contributed by atoms with Crippen molar-refractivity contribution in [2.75, 3.05) is 11.4 Å². The summed E-state index contributed by atoms with van der Waals surface area (Å²) in [6.45, 7) is 12.2. The van der Waals surface area contributed by atoms with E-state index < -0.39 is 5.72 Å². The first-order valence-electron chi connectivity index (χ1n) is 28.7. The molecule has 2 aliphatic rings. The van der Waals surface area contributed by atoms with Crippen LogP contribution in [0.15, 0.2) is 30.3 Å². The average Bonchev–Trinajstić information content (AvgIpc) is 3.48. The van der Waals surface area contributed by atoms with Gasteiger partial charge in [-0.3, -0.25) is 14.9 Å². The molecule has 2 aromatic rings. The lowest BCUT2D eigenvalue weighted by molar-refractivity contribution is -0.385. The number of rotatable bonds is 40. The topological polar surface area (TPSA) is 81.9 Å². The zero-order valence-electron chi connectivity index (χ0n) is 44.1. The van der Waals surface area contributed by atoms with Crippen LogP contribution in [-0.4, -0.2) is 23.2 Å². The van der Waals surface area contributed by atoms with Gasteiger partial charge in [-0.2, -0.15) is 0 Å². The summed E-state index contributed by atoms with van der Waals surface area (Å²) in [6, 6.07) is 10.0. The van der Waals surface area contributed by atoms with E-state index in [1.165, 1.54) is 216 Å². The first-order valence-corrected chi connectivity index (χ1v) is 28.7. The molecule has 1 spiro atoms. The SMILES string of the molecule is CCCCCCCCCCCCCCCCCCCCCC(=O)OCc1cc([N+](=O)[O-])cc2c1OC1(CC2)N(CCCCCCCCCCCCCCCCCC)c2ccc(C)cc2C1(C)C.